The minimum atomic E-state index is 0.649. The van der Waals surface area contributed by atoms with Crippen molar-refractivity contribution in [2.45, 2.75) is 19.3 Å². The highest BCUT2D eigenvalue weighted by molar-refractivity contribution is 8.48. The molecule has 2 rings (SSSR count). The lowest BCUT2D eigenvalue weighted by Gasteiger charge is -2.25. The molecule has 2 aliphatic heterocycles. The SMILES string of the molecule is S=C1[N]N=C(SCCN2CCCCC2)S1. The summed E-state index contributed by atoms with van der Waals surface area (Å²) in [6, 6.07) is 0. The summed E-state index contributed by atoms with van der Waals surface area (Å²) < 4.78 is 1.66. The third-order valence-electron chi connectivity index (χ3n) is 2.47. The monoisotopic (exact) mass is 260 g/mol. The molecule has 2 heterocycles. The van der Waals surface area contributed by atoms with E-state index in [1.54, 1.807) is 11.8 Å². The molecule has 83 valence electrons. The molecule has 0 N–H and O–H groups in total. The van der Waals surface area contributed by atoms with Crippen LogP contribution in [0.4, 0.5) is 0 Å². The van der Waals surface area contributed by atoms with Crippen molar-refractivity contribution in [3.8, 4) is 0 Å². The number of likely N-dealkylation sites (tertiary alicyclic amines) is 1. The van der Waals surface area contributed by atoms with E-state index in [9.17, 15) is 0 Å². The van der Waals surface area contributed by atoms with Gasteiger partial charge in [-0.25, -0.2) is 0 Å². The van der Waals surface area contributed by atoms with Gasteiger partial charge in [0.1, 0.15) is 0 Å². The number of hydrogen-bond donors (Lipinski definition) is 0. The lowest BCUT2D eigenvalue weighted by atomic mass is 10.1. The molecule has 2 aliphatic rings. The highest BCUT2D eigenvalue weighted by Gasteiger charge is 2.15. The number of rotatable bonds is 3. The first-order valence-corrected chi connectivity index (χ1v) is 7.41. The first-order valence-electron chi connectivity index (χ1n) is 5.20. The fraction of sp³-hybridized carbons (Fsp3) is 0.778. The average molecular weight is 260 g/mol. The van der Waals surface area contributed by atoms with Gasteiger partial charge in [0.15, 0.2) is 8.70 Å². The zero-order valence-electron chi connectivity index (χ0n) is 8.52. The van der Waals surface area contributed by atoms with Gasteiger partial charge in [0.05, 0.1) is 0 Å². The van der Waals surface area contributed by atoms with Crippen LogP contribution in [0.25, 0.3) is 0 Å². The summed E-state index contributed by atoms with van der Waals surface area (Å²) in [4.78, 5) is 2.53. The number of nitrogens with zero attached hydrogens (tertiary/aromatic N) is 3. The van der Waals surface area contributed by atoms with Crippen molar-refractivity contribution in [1.82, 2.24) is 10.3 Å². The van der Waals surface area contributed by atoms with E-state index >= 15 is 0 Å². The second-order valence-electron chi connectivity index (χ2n) is 3.58. The van der Waals surface area contributed by atoms with E-state index < -0.39 is 0 Å². The number of thioether (sulfide) groups is 2. The van der Waals surface area contributed by atoms with Gasteiger partial charge in [-0.2, -0.15) is 0 Å². The first-order chi connectivity index (χ1) is 7.34. The summed E-state index contributed by atoms with van der Waals surface area (Å²) in [7, 11) is 0. The van der Waals surface area contributed by atoms with Crippen LogP contribution in [0.15, 0.2) is 5.10 Å². The Hall–Kier alpha value is 0.220. The molecular formula is C9H14N3S3. The van der Waals surface area contributed by atoms with Gasteiger partial charge in [0.25, 0.3) is 0 Å². The van der Waals surface area contributed by atoms with E-state index in [0.717, 1.165) is 16.7 Å². The van der Waals surface area contributed by atoms with Gasteiger partial charge in [-0.15, -0.1) is 10.5 Å². The zero-order chi connectivity index (χ0) is 10.5. The van der Waals surface area contributed by atoms with E-state index in [-0.39, 0.29) is 0 Å². The number of hydrogen-bond acceptors (Lipinski definition) is 5. The van der Waals surface area contributed by atoms with Gasteiger partial charge in [-0.1, -0.05) is 18.2 Å². The topological polar surface area (TPSA) is 29.7 Å². The Kier molecular flexibility index (Phi) is 4.74. The normalized spacial score (nSPS) is 22.7. The molecule has 0 saturated carbocycles. The maximum atomic E-state index is 4.93. The summed E-state index contributed by atoms with van der Waals surface area (Å²) >= 11 is 8.21. The van der Waals surface area contributed by atoms with Gasteiger partial charge >= 0.3 is 0 Å². The summed E-state index contributed by atoms with van der Waals surface area (Å²) in [5, 5.41) is 4.01. The number of piperidine rings is 1. The number of thiocarbonyl (C=S) groups is 1. The van der Waals surface area contributed by atoms with Gasteiger partial charge in [0.2, 0.25) is 0 Å². The molecule has 0 aliphatic carbocycles. The maximum Gasteiger partial charge on any atom is 0.189 e. The van der Waals surface area contributed by atoms with Gasteiger partial charge in [-0.05, 0) is 49.9 Å². The van der Waals surface area contributed by atoms with E-state index in [2.05, 4.69) is 15.4 Å². The first kappa shape index (κ1) is 11.7. The molecule has 0 unspecified atom stereocenters. The maximum absolute atomic E-state index is 4.93. The van der Waals surface area contributed by atoms with Crippen LogP contribution in [-0.4, -0.2) is 39.0 Å². The second-order valence-corrected chi connectivity index (χ2v) is 6.55. The predicted octanol–water partition coefficient (Wildman–Crippen LogP) is 2.11. The highest BCUT2D eigenvalue weighted by atomic mass is 32.2. The average Bonchev–Trinajstić information content (AvgIpc) is 2.66. The van der Waals surface area contributed by atoms with Crippen LogP contribution in [0, 0.1) is 0 Å². The van der Waals surface area contributed by atoms with Crippen molar-refractivity contribution < 1.29 is 0 Å². The van der Waals surface area contributed by atoms with Gasteiger partial charge in [0, 0.05) is 12.3 Å². The van der Waals surface area contributed by atoms with E-state index in [4.69, 9.17) is 12.2 Å². The van der Waals surface area contributed by atoms with Crippen LogP contribution in [-0.2, 0) is 0 Å². The van der Waals surface area contributed by atoms with Gasteiger partial charge < -0.3 is 4.90 Å². The molecule has 0 amide bonds. The fourth-order valence-corrected chi connectivity index (χ4v) is 3.79. The lowest BCUT2D eigenvalue weighted by molar-refractivity contribution is 0.242. The molecule has 0 bridgehead atoms. The van der Waals surface area contributed by atoms with Crippen molar-refractivity contribution in [3.05, 3.63) is 0 Å². The Labute approximate surface area is 104 Å². The molecule has 0 atom stereocenters. The van der Waals surface area contributed by atoms with Crippen LogP contribution in [0.2, 0.25) is 0 Å². The largest absolute Gasteiger partial charge is 0.303 e. The Morgan fingerprint density at radius 2 is 2.13 bits per heavy atom. The summed E-state index contributed by atoms with van der Waals surface area (Å²) in [6.45, 7) is 3.70. The quantitative estimate of drug-likeness (QED) is 0.727. The minimum absolute atomic E-state index is 0.649. The molecule has 0 aromatic rings. The third-order valence-corrected chi connectivity index (χ3v) is 4.63. The van der Waals surface area contributed by atoms with Crippen LogP contribution >= 0.6 is 35.7 Å². The van der Waals surface area contributed by atoms with Crippen LogP contribution in [0.5, 0.6) is 0 Å². The fourth-order valence-electron chi connectivity index (χ4n) is 1.70. The minimum Gasteiger partial charge on any atom is -0.303 e. The molecule has 6 heteroatoms. The Morgan fingerprint density at radius 3 is 2.80 bits per heavy atom. The molecule has 0 aromatic carbocycles. The Morgan fingerprint density at radius 1 is 1.33 bits per heavy atom. The molecule has 1 saturated heterocycles. The van der Waals surface area contributed by atoms with Crippen molar-refractivity contribution in [2.24, 2.45) is 5.10 Å². The van der Waals surface area contributed by atoms with Crippen LogP contribution < -0.4 is 5.43 Å². The Balaban J connectivity index is 1.60. The summed E-state index contributed by atoms with van der Waals surface area (Å²) in [6.07, 6.45) is 4.12. The Bertz CT molecular complexity index is 261. The van der Waals surface area contributed by atoms with Crippen molar-refractivity contribution in [2.75, 3.05) is 25.4 Å². The highest BCUT2D eigenvalue weighted by Crippen LogP contribution is 2.23. The summed E-state index contributed by atoms with van der Waals surface area (Å²) in [5.74, 6) is 1.10. The molecule has 0 spiro atoms. The predicted molar refractivity (Wildman–Crippen MR) is 72.5 cm³/mol. The van der Waals surface area contributed by atoms with Crippen molar-refractivity contribution >= 4 is 44.4 Å². The molecule has 1 fully saturated rings. The molecule has 0 aromatic heterocycles. The summed E-state index contributed by atoms with van der Waals surface area (Å²) in [5.41, 5.74) is 3.83. The van der Waals surface area contributed by atoms with E-state index in [1.807, 2.05) is 0 Å². The molecule has 3 nitrogen and oxygen atoms in total. The van der Waals surface area contributed by atoms with Gasteiger partial charge in [-0.3, -0.25) is 0 Å². The van der Waals surface area contributed by atoms with E-state index in [0.29, 0.717) is 4.32 Å². The van der Waals surface area contributed by atoms with Crippen LogP contribution in [0.1, 0.15) is 19.3 Å². The van der Waals surface area contributed by atoms with Crippen molar-refractivity contribution in [1.29, 1.82) is 0 Å². The third kappa shape index (κ3) is 3.94. The van der Waals surface area contributed by atoms with Crippen molar-refractivity contribution in [3.63, 3.8) is 0 Å². The smallest absolute Gasteiger partial charge is 0.189 e. The van der Waals surface area contributed by atoms with Crippen LogP contribution in [0.3, 0.4) is 0 Å². The standard InChI is InChI=1S/C9H14N3S3/c13-8-10-11-9(15-8)14-7-6-12-4-2-1-3-5-12/h1-7H2. The second kappa shape index (κ2) is 6.08. The molecular weight excluding hydrogens is 246 g/mol. The molecule has 1 radical (unpaired) electrons. The molecule has 15 heavy (non-hydrogen) atoms. The lowest BCUT2D eigenvalue weighted by Crippen LogP contribution is -2.31. The zero-order valence-corrected chi connectivity index (χ0v) is 11.0. The van der Waals surface area contributed by atoms with E-state index in [1.165, 1.54) is 44.1 Å².